The summed E-state index contributed by atoms with van der Waals surface area (Å²) in [4.78, 5) is 15.0. The molecule has 2 aliphatic rings. The Morgan fingerprint density at radius 2 is 1.95 bits per heavy atom. The molecule has 0 spiro atoms. The molecule has 1 N–H and O–H groups in total. The highest BCUT2D eigenvalue weighted by Crippen LogP contribution is 2.51. The number of aromatic nitrogens is 3. The minimum atomic E-state index is 0.273. The lowest BCUT2D eigenvalue weighted by Gasteiger charge is -2.15. The first-order valence-corrected chi connectivity index (χ1v) is 7.33. The Morgan fingerprint density at radius 3 is 2.58 bits per heavy atom. The molecule has 0 amide bonds. The standard InChI is InChI=1S/C13H20ClN5/c1-13(2)7-9(13)8-15-11-16-10(14)17-12(18-11)19-5-3-4-6-19/h9H,3-8H2,1-2H3,(H,15,16,17,18). The molecular weight excluding hydrogens is 262 g/mol. The number of hydrogen-bond acceptors (Lipinski definition) is 5. The Morgan fingerprint density at radius 1 is 1.26 bits per heavy atom. The zero-order valence-corrected chi connectivity index (χ0v) is 12.2. The van der Waals surface area contributed by atoms with Crippen molar-refractivity contribution in [2.24, 2.45) is 11.3 Å². The average Bonchev–Trinajstić information content (AvgIpc) is 2.81. The van der Waals surface area contributed by atoms with E-state index in [1.165, 1.54) is 19.3 Å². The molecule has 1 aliphatic carbocycles. The maximum Gasteiger partial charge on any atom is 0.231 e. The van der Waals surface area contributed by atoms with Crippen LogP contribution >= 0.6 is 11.6 Å². The molecule has 104 valence electrons. The monoisotopic (exact) mass is 281 g/mol. The first-order chi connectivity index (χ1) is 9.04. The molecule has 1 unspecified atom stereocenters. The highest BCUT2D eigenvalue weighted by atomic mass is 35.5. The molecule has 2 heterocycles. The molecule has 3 rings (SSSR count). The van der Waals surface area contributed by atoms with Crippen molar-refractivity contribution >= 4 is 23.5 Å². The van der Waals surface area contributed by atoms with Gasteiger partial charge in [-0.2, -0.15) is 15.0 Å². The van der Waals surface area contributed by atoms with E-state index >= 15 is 0 Å². The Hall–Kier alpha value is -1.10. The number of hydrogen-bond donors (Lipinski definition) is 1. The molecule has 1 aromatic heterocycles. The average molecular weight is 282 g/mol. The predicted octanol–water partition coefficient (Wildman–Crippen LogP) is 2.58. The van der Waals surface area contributed by atoms with Crippen molar-refractivity contribution in [3.63, 3.8) is 0 Å². The minimum absolute atomic E-state index is 0.273. The van der Waals surface area contributed by atoms with Gasteiger partial charge in [0.05, 0.1) is 0 Å². The molecule has 1 aromatic rings. The van der Waals surface area contributed by atoms with Crippen LogP contribution in [-0.4, -0.2) is 34.6 Å². The summed E-state index contributed by atoms with van der Waals surface area (Å²) >= 11 is 5.99. The smallest absolute Gasteiger partial charge is 0.231 e. The van der Waals surface area contributed by atoms with E-state index in [0.29, 0.717) is 23.2 Å². The number of halogens is 1. The highest BCUT2D eigenvalue weighted by molar-refractivity contribution is 6.28. The van der Waals surface area contributed by atoms with Crippen LogP contribution in [-0.2, 0) is 0 Å². The van der Waals surface area contributed by atoms with Crippen molar-refractivity contribution in [3.8, 4) is 0 Å². The molecule has 1 saturated carbocycles. The van der Waals surface area contributed by atoms with Crippen LogP contribution in [0.4, 0.5) is 11.9 Å². The summed E-state index contributed by atoms with van der Waals surface area (Å²) in [5.74, 6) is 2.01. The van der Waals surface area contributed by atoms with Gasteiger partial charge in [-0.3, -0.25) is 0 Å². The fraction of sp³-hybridized carbons (Fsp3) is 0.769. The van der Waals surface area contributed by atoms with Crippen molar-refractivity contribution in [1.82, 2.24) is 15.0 Å². The van der Waals surface area contributed by atoms with Crippen LogP contribution in [0.3, 0.4) is 0 Å². The third-order valence-electron chi connectivity index (χ3n) is 4.21. The van der Waals surface area contributed by atoms with Crippen molar-refractivity contribution in [1.29, 1.82) is 0 Å². The van der Waals surface area contributed by atoms with E-state index in [0.717, 1.165) is 19.6 Å². The summed E-state index contributed by atoms with van der Waals surface area (Å²) in [6, 6.07) is 0. The number of rotatable bonds is 4. The fourth-order valence-electron chi connectivity index (χ4n) is 2.62. The van der Waals surface area contributed by atoms with E-state index in [1.54, 1.807) is 0 Å². The number of nitrogens with one attached hydrogen (secondary N) is 1. The van der Waals surface area contributed by atoms with Crippen molar-refractivity contribution in [3.05, 3.63) is 5.28 Å². The quantitative estimate of drug-likeness (QED) is 0.919. The second-order valence-electron chi connectivity index (χ2n) is 6.19. The third kappa shape index (κ3) is 2.91. The third-order valence-corrected chi connectivity index (χ3v) is 4.38. The van der Waals surface area contributed by atoms with Crippen molar-refractivity contribution in [2.45, 2.75) is 33.1 Å². The molecule has 1 saturated heterocycles. The molecule has 0 radical (unpaired) electrons. The summed E-state index contributed by atoms with van der Waals surface area (Å²) < 4.78 is 0. The van der Waals surface area contributed by atoms with Gasteiger partial charge in [-0.1, -0.05) is 13.8 Å². The second kappa shape index (κ2) is 4.78. The summed E-state index contributed by atoms with van der Waals surface area (Å²) in [7, 11) is 0. The predicted molar refractivity (Wildman–Crippen MR) is 76.7 cm³/mol. The van der Waals surface area contributed by atoms with Crippen LogP contribution < -0.4 is 10.2 Å². The molecule has 1 atom stereocenters. The van der Waals surface area contributed by atoms with E-state index in [-0.39, 0.29) is 5.28 Å². The summed E-state index contributed by atoms with van der Waals surface area (Å²) in [5.41, 5.74) is 0.460. The van der Waals surface area contributed by atoms with Gasteiger partial charge in [-0.25, -0.2) is 0 Å². The van der Waals surface area contributed by atoms with E-state index in [2.05, 4.69) is 39.0 Å². The molecule has 0 bridgehead atoms. The Bertz CT molecular complexity index is 470. The normalized spacial score (nSPS) is 24.6. The van der Waals surface area contributed by atoms with Crippen molar-refractivity contribution < 1.29 is 0 Å². The molecular formula is C13H20ClN5. The zero-order chi connectivity index (χ0) is 13.5. The van der Waals surface area contributed by atoms with Gasteiger partial charge in [0.1, 0.15) is 0 Å². The van der Waals surface area contributed by atoms with Gasteiger partial charge in [0.15, 0.2) is 0 Å². The van der Waals surface area contributed by atoms with Gasteiger partial charge in [0.2, 0.25) is 17.2 Å². The van der Waals surface area contributed by atoms with Gasteiger partial charge in [0, 0.05) is 19.6 Å². The lowest BCUT2D eigenvalue weighted by Crippen LogP contribution is -2.22. The summed E-state index contributed by atoms with van der Waals surface area (Å²) in [6.45, 7) is 7.50. The van der Waals surface area contributed by atoms with Gasteiger partial charge < -0.3 is 10.2 Å². The first kappa shape index (κ1) is 12.9. The maximum atomic E-state index is 5.99. The van der Waals surface area contributed by atoms with E-state index in [1.807, 2.05) is 0 Å². The van der Waals surface area contributed by atoms with Crippen LogP contribution in [0.15, 0.2) is 0 Å². The van der Waals surface area contributed by atoms with E-state index < -0.39 is 0 Å². The SMILES string of the molecule is CC1(C)CC1CNc1nc(Cl)nc(N2CCCC2)n1. The topological polar surface area (TPSA) is 53.9 Å². The van der Waals surface area contributed by atoms with Crippen LogP contribution in [0.1, 0.15) is 33.1 Å². The Balaban J connectivity index is 1.67. The van der Waals surface area contributed by atoms with E-state index in [4.69, 9.17) is 11.6 Å². The van der Waals surface area contributed by atoms with Crippen LogP contribution in [0.5, 0.6) is 0 Å². The molecule has 19 heavy (non-hydrogen) atoms. The largest absolute Gasteiger partial charge is 0.354 e. The van der Waals surface area contributed by atoms with Crippen LogP contribution in [0.2, 0.25) is 5.28 Å². The molecule has 2 fully saturated rings. The second-order valence-corrected chi connectivity index (χ2v) is 6.53. The van der Waals surface area contributed by atoms with Gasteiger partial charge in [-0.05, 0) is 42.2 Å². The minimum Gasteiger partial charge on any atom is -0.354 e. The van der Waals surface area contributed by atoms with Gasteiger partial charge in [-0.15, -0.1) is 0 Å². The van der Waals surface area contributed by atoms with E-state index in [9.17, 15) is 0 Å². The van der Waals surface area contributed by atoms with Gasteiger partial charge in [0.25, 0.3) is 0 Å². The lowest BCUT2D eigenvalue weighted by molar-refractivity contribution is 0.572. The lowest BCUT2D eigenvalue weighted by atomic mass is 10.1. The van der Waals surface area contributed by atoms with Gasteiger partial charge >= 0.3 is 0 Å². The molecule has 6 heteroatoms. The molecule has 5 nitrogen and oxygen atoms in total. The molecule has 0 aromatic carbocycles. The fourth-order valence-corrected chi connectivity index (χ4v) is 2.77. The maximum absolute atomic E-state index is 5.99. The van der Waals surface area contributed by atoms with Crippen molar-refractivity contribution in [2.75, 3.05) is 29.9 Å². The molecule has 1 aliphatic heterocycles. The summed E-state index contributed by atoms with van der Waals surface area (Å²) in [6.07, 6.45) is 3.66. The number of nitrogens with zero attached hydrogens (tertiary/aromatic N) is 4. The van der Waals surface area contributed by atoms with Crippen LogP contribution in [0.25, 0.3) is 0 Å². The zero-order valence-electron chi connectivity index (χ0n) is 11.5. The van der Waals surface area contributed by atoms with Crippen LogP contribution in [0, 0.1) is 11.3 Å². The Labute approximate surface area is 118 Å². The Kier molecular flexibility index (Phi) is 3.25. The number of anilines is 2. The summed E-state index contributed by atoms with van der Waals surface area (Å²) in [5, 5.41) is 3.57. The first-order valence-electron chi connectivity index (χ1n) is 6.95. The highest BCUT2D eigenvalue weighted by Gasteiger charge is 2.45.